The maximum atomic E-state index is 12.3. The summed E-state index contributed by atoms with van der Waals surface area (Å²) in [5, 5.41) is 8.50. The molecule has 0 aliphatic rings. The molecule has 0 unspecified atom stereocenters. The molecule has 1 aromatic heterocycles. The number of hydrogen-bond donors (Lipinski definition) is 2. The van der Waals surface area contributed by atoms with Gasteiger partial charge in [-0.25, -0.2) is 0 Å². The number of amides is 1. The molecule has 0 spiro atoms. The van der Waals surface area contributed by atoms with Crippen LogP contribution >= 0.6 is 11.3 Å². The van der Waals surface area contributed by atoms with E-state index in [9.17, 15) is 4.79 Å². The zero-order valence-electron chi connectivity index (χ0n) is 14.9. The molecule has 0 bridgehead atoms. The van der Waals surface area contributed by atoms with E-state index in [2.05, 4.69) is 53.3 Å². The van der Waals surface area contributed by atoms with Gasteiger partial charge in [0.2, 0.25) is 5.91 Å². The second-order valence-electron chi connectivity index (χ2n) is 6.36. The lowest BCUT2D eigenvalue weighted by molar-refractivity contribution is -0.120. The summed E-state index contributed by atoms with van der Waals surface area (Å²) >= 11 is 1.70. The highest BCUT2D eigenvalue weighted by Gasteiger charge is 2.16. The molecule has 0 fully saturated rings. The highest BCUT2D eigenvalue weighted by molar-refractivity contribution is 7.10. The summed E-state index contributed by atoms with van der Waals surface area (Å²) in [6.07, 6.45) is 0. The quantitative estimate of drug-likeness (QED) is 0.624. The van der Waals surface area contributed by atoms with Crippen molar-refractivity contribution in [3.63, 3.8) is 0 Å². The van der Waals surface area contributed by atoms with Crippen molar-refractivity contribution in [1.82, 2.24) is 10.6 Å². The van der Waals surface area contributed by atoms with Crippen molar-refractivity contribution in [2.75, 3.05) is 13.1 Å². The van der Waals surface area contributed by atoms with Gasteiger partial charge >= 0.3 is 0 Å². The Bertz CT molecular complexity index is 788. The lowest BCUT2D eigenvalue weighted by Gasteiger charge is -2.19. The molecule has 1 heterocycles. The average molecular weight is 365 g/mol. The Balaban J connectivity index is 1.55. The maximum Gasteiger partial charge on any atom is 0.234 e. The van der Waals surface area contributed by atoms with Gasteiger partial charge in [0.15, 0.2) is 0 Å². The van der Waals surface area contributed by atoms with E-state index in [1.807, 2.05) is 42.5 Å². The van der Waals surface area contributed by atoms with Gasteiger partial charge in [-0.05, 0) is 28.5 Å². The number of rotatable bonds is 8. The highest BCUT2D eigenvalue weighted by Crippen LogP contribution is 2.25. The first-order valence-corrected chi connectivity index (χ1v) is 9.75. The molecule has 0 saturated heterocycles. The molecule has 2 aromatic carbocycles. The van der Waals surface area contributed by atoms with Crippen LogP contribution in [0.2, 0.25) is 0 Å². The van der Waals surface area contributed by atoms with Gasteiger partial charge in [0.25, 0.3) is 0 Å². The van der Waals surface area contributed by atoms with Crippen LogP contribution in [0.4, 0.5) is 0 Å². The van der Waals surface area contributed by atoms with Gasteiger partial charge in [-0.1, -0.05) is 73.7 Å². The van der Waals surface area contributed by atoms with Crippen molar-refractivity contribution < 1.29 is 4.79 Å². The summed E-state index contributed by atoms with van der Waals surface area (Å²) < 4.78 is 0. The molecule has 3 aromatic rings. The van der Waals surface area contributed by atoms with E-state index in [-0.39, 0.29) is 11.9 Å². The predicted octanol–water partition coefficient (Wildman–Crippen LogP) is 4.35. The molecule has 26 heavy (non-hydrogen) atoms. The van der Waals surface area contributed by atoms with Gasteiger partial charge in [-0.2, -0.15) is 0 Å². The fourth-order valence-electron chi connectivity index (χ4n) is 2.91. The van der Waals surface area contributed by atoms with Gasteiger partial charge in [0.05, 0.1) is 12.6 Å². The third kappa shape index (κ3) is 5.04. The van der Waals surface area contributed by atoms with Gasteiger partial charge in [0.1, 0.15) is 0 Å². The van der Waals surface area contributed by atoms with Crippen molar-refractivity contribution in [3.8, 4) is 0 Å². The Morgan fingerprint density at radius 1 is 0.923 bits per heavy atom. The number of carbonyl (C=O) groups is 1. The minimum Gasteiger partial charge on any atom is -0.354 e. The third-order valence-corrected chi connectivity index (χ3v) is 5.34. The molecule has 0 aliphatic heterocycles. The minimum atomic E-state index is 0.0188. The van der Waals surface area contributed by atoms with E-state index in [0.29, 0.717) is 19.0 Å². The molecule has 3 rings (SSSR count). The first-order valence-electron chi connectivity index (χ1n) is 8.87. The van der Waals surface area contributed by atoms with Gasteiger partial charge < -0.3 is 5.32 Å². The normalized spacial score (nSPS) is 13.1. The predicted molar refractivity (Wildman–Crippen MR) is 108 cm³/mol. The SMILES string of the molecule is C[C@@H](CNC(=O)CN[C@H](c1ccccc1)c1cccs1)c1ccccc1. The fourth-order valence-corrected chi connectivity index (χ4v) is 3.73. The number of thiophene rings is 1. The van der Waals surface area contributed by atoms with Gasteiger partial charge in [-0.3, -0.25) is 10.1 Å². The number of hydrogen-bond acceptors (Lipinski definition) is 3. The van der Waals surface area contributed by atoms with Crippen molar-refractivity contribution in [3.05, 3.63) is 94.2 Å². The fraction of sp³-hybridized carbons (Fsp3) is 0.227. The van der Waals surface area contributed by atoms with Gasteiger partial charge in [-0.15, -0.1) is 11.3 Å². The molecule has 134 valence electrons. The summed E-state index contributed by atoms with van der Waals surface area (Å²) in [7, 11) is 0. The molecule has 1 amide bonds. The monoisotopic (exact) mass is 364 g/mol. The van der Waals surface area contributed by atoms with E-state index in [0.717, 1.165) is 0 Å². The molecule has 0 aliphatic carbocycles. The molecular formula is C22H24N2OS. The van der Waals surface area contributed by atoms with Crippen molar-refractivity contribution in [2.45, 2.75) is 18.9 Å². The summed E-state index contributed by atoms with van der Waals surface area (Å²) in [5.41, 5.74) is 2.40. The van der Waals surface area contributed by atoms with Crippen LogP contribution in [-0.4, -0.2) is 19.0 Å². The number of nitrogens with one attached hydrogen (secondary N) is 2. The second-order valence-corrected chi connectivity index (χ2v) is 7.34. The summed E-state index contributed by atoms with van der Waals surface area (Å²) in [6, 6.07) is 24.7. The standard InChI is InChI=1S/C22H24N2OS/c1-17(18-9-4-2-5-10-18)15-23-21(25)16-24-22(20-13-8-14-26-20)19-11-6-3-7-12-19/h2-14,17,22,24H,15-16H2,1H3,(H,23,25)/t17-,22+/m0/s1. The Morgan fingerprint density at radius 2 is 1.58 bits per heavy atom. The van der Waals surface area contributed by atoms with Crippen LogP contribution < -0.4 is 10.6 Å². The first-order chi connectivity index (χ1) is 12.7. The number of benzene rings is 2. The second kappa shape index (κ2) is 9.32. The Kier molecular flexibility index (Phi) is 6.58. The molecule has 3 nitrogen and oxygen atoms in total. The van der Waals surface area contributed by atoms with Crippen molar-refractivity contribution in [2.24, 2.45) is 0 Å². The van der Waals surface area contributed by atoms with Crippen LogP contribution in [0.15, 0.2) is 78.2 Å². The maximum absolute atomic E-state index is 12.3. The zero-order chi connectivity index (χ0) is 18.2. The van der Waals surface area contributed by atoms with Crippen molar-refractivity contribution >= 4 is 17.2 Å². The Morgan fingerprint density at radius 3 is 2.19 bits per heavy atom. The molecule has 2 atom stereocenters. The molecule has 2 N–H and O–H groups in total. The summed E-state index contributed by atoms with van der Waals surface area (Å²) in [5.74, 6) is 0.313. The van der Waals surface area contributed by atoms with E-state index < -0.39 is 0 Å². The lowest BCUT2D eigenvalue weighted by atomic mass is 10.0. The van der Waals surface area contributed by atoms with Crippen LogP contribution in [0.1, 0.15) is 34.9 Å². The summed E-state index contributed by atoms with van der Waals surface area (Å²) in [6.45, 7) is 3.06. The average Bonchev–Trinajstić information content (AvgIpc) is 3.22. The third-order valence-electron chi connectivity index (χ3n) is 4.40. The molecule has 0 saturated carbocycles. The zero-order valence-corrected chi connectivity index (χ0v) is 15.7. The highest BCUT2D eigenvalue weighted by atomic mass is 32.1. The van der Waals surface area contributed by atoms with E-state index in [1.165, 1.54) is 16.0 Å². The van der Waals surface area contributed by atoms with E-state index in [1.54, 1.807) is 11.3 Å². The molecular weight excluding hydrogens is 340 g/mol. The summed E-state index contributed by atoms with van der Waals surface area (Å²) in [4.78, 5) is 13.5. The van der Waals surface area contributed by atoms with Crippen LogP contribution in [0.25, 0.3) is 0 Å². The Hall–Kier alpha value is -2.43. The molecule has 4 heteroatoms. The largest absolute Gasteiger partial charge is 0.354 e. The van der Waals surface area contributed by atoms with E-state index in [4.69, 9.17) is 0 Å². The minimum absolute atomic E-state index is 0.0188. The lowest BCUT2D eigenvalue weighted by Crippen LogP contribution is -2.37. The van der Waals surface area contributed by atoms with Crippen LogP contribution in [0.5, 0.6) is 0 Å². The van der Waals surface area contributed by atoms with Gasteiger partial charge in [0, 0.05) is 11.4 Å². The topological polar surface area (TPSA) is 41.1 Å². The first kappa shape index (κ1) is 18.4. The van der Waals surface area contributed by atoms with Crippen LogP contribution in [0.3, 0.4) is 0 Å². The Labute approximate surface area is 159 Å². The smallest absolute Gasteiger partial charge is 0.234 e. The van der Waals surface area contributed by atoms with Crippen molar-refractivity contribution in [1.29, 1.82) is 0 Å². The molecule has 0 radical (unpaired) electrons. The number of carbonyl (C=O) groups excluding carboxylic acids is 1. The van der Waals surface area contributed by atoms with Crippen LogP contribution in [-0.2, 0) is 4.79 Å². The van der Waals surface area contributed by atoms with Crippen LogP contribution in [0, 0.1) is 0 Å². The van der Waals surface area contributed by atoms with E-state index >= 15 is 0 Å².